The fraction of sp³-hybridized carbons (Fsp3) is 0.923. The van der Waals surface area contributed by atoms with Crippen molar-refractivity contribution < 1.29 is 0 Å². The Morgan fingerprint density at radius 2 is 1.53 bits per heavy atom. The molecule has 15 heavy (non-hydrogen) atoms. The molecule has 2 fully saturated rings. The highest BCUT2D eigenvalue weighted by atomic mass is 14.9. The first-order valence-electron chi connectivity index (χ1n) is 6.51. The Kier molecular flexibility index (Phi) is 3.58. The maximum atomic E-state index is 7.17. The maximum absolute atomic E-state index is 7.17. The van der Waals surface area contributed by atoms with Gasteiger partial charge in [-0.2, -0.15) is 0 Å². The molecule has 1 N–H and O–H groups in total. The number of nitrogens with zero attached hydrogens (tertiary/aromatic N) is 1. The standard InChI is InChI=1S/C13H22N2/c14-11-15-13(9-5-2-6-10-13)12-7-3-1-4-8-12/h12,14H,1-10H2. The smallest absolute Gasteiger partial charge is 0.0867 e. The number of hydrogen-bond donors (Lipinski definition) is 1. The van der Waals surface area contributed by atoms with Crippen LogP contribution in [0.5, 0.6) is 0 Å². The molecule has 0 aliphatic heterocycles. The number of hydrogen-bond acceptors (Lipinski definition) is 2. The quantitative estimate of drug-likeness (QED) is 0.662. The van der Waals surface area contributed by atoms with Crippen LogP contribution >= 0.6 is 0 Å². The van der Waals surface area contributed by atoms with Gasteiger partial charge in [0.25, 0.3) is 0 Å². The lowest BCUT2D eigenvalue weighted by atomic mass is 9.68. The molecule has 0 unspecified atom stereocenters. The fourth-order valence-electron chi connectivity index (χ4n) is 3.53. The van der Waals surface area contributed by atoms with Gasteiger partial charge in [0.15, 0.2) is 0 Å². The maximum Gasteiger partial charge on any atom is 0.0867 e. The number of nitrogens with one attached hydrogen (secondary N) is 1. The van der Waals surface area contributed by atoms with Gasteiger partial charge in [0.2, 0.25) is 0 Å². The highest BCUT2D eigenvalue weighted by Crippen LogP contribution is 2.43. The van der Waals surface area contributed by atoms with Gasteiger partial charge in [0.1, 0.15) is 0 Å². The van der Waals surface area contributed by atoms with Crippen LogP contribution < -0.4 is 0 Å². The second-order valence-corrected chi connectivity index (χ2v) is 5.22. The Morgan fingerprint density at radius 1 is 0.933 bits per heavy atom. The van der Waals surface area contributed by atoms with E-state index in [0.717, 1.165) is 5.92 Å². The third-order valence-corrected chi connectivity index (χ3v) is 4.36. The summed E-state index contributed by atoms with van der Waals surface area (Å²) in [5.41, 5.74) is 0.125. The van der Waals surface area contributed by atoms with Crippen molar-refractivity contribution in [2.75, 3.05) is 0 Å². The van der Waals surface area contributed by atoms with E-state index in [9.17, 15) is 0 Å². The summed E-state index contributed by atoms with van der Waals surface area (Å²) in [6.45, 7) is 0. The molecular formula is C13H22N2. The van der Waals surface area contributed by atoms with Gasteiger partial charge in [-0.05, 0) is 31.6 Å². The second-order valence-electron chi connectivity index (χ2n) is 5.22. The van der Waals surface area contributed by atoms with Crippen molar-refractivity contribution in [2.24, 2.45) is 10.9 Å². The van der Waals surface area contributed by atoms with Crippen molar-refractivity contribution >= 4 is 6.01 Å². The minimum atomic E-state index is 0.125. The molecule has 84 valence electrons. The van der Waals surface area contributed by atoms with Crippen LogP contribution in [0.1, 0.15) is 64.2 Å². The van der Waals surface area contributed by atoms with Crippen molar-refractivity contribution in [2.45, 2.75) is 69.7 Å². The SMILES string of the molecule is N=C=NC1(C2CCCCC2)CCCCC1. The summed E-state index contributed by atoms with van der Waals surface area (Å²) in [5.74, 6) is 0.754. The summed E-state index contributed by atoms with van der Waals surface area (Å²) >= 11 is 0. The van der Waals surface area contributed by atoms with Gasteiger partial charge in [-0.15, -0.1) is 0 Å². The first-order valence-corrected chi connectivity index (χ1v) is 6.51. The molecule has 0 saturated heterocycles. The van der Waals surface area contributed by atoms with Gasteiger partial charge < -0.3 is 0 Å². The summed E-state index contributed by atoms with van der Waals surface area (Å²) in [5, 5.41) is 7.17. The zero-order valence-electron chi connectivity index (χ0n) is 9.60. The lowest BCUT2D eigenvalue weighted by Gasteiger charge is -2.41. The molecule has 2 heteroatoms. The molecule has 2 aliphatic carbocycles. The van der Waals surface area contributed by atoms with Crippen LogP contribution in [0.4, 0.5) is 0 Å². The Hall–Kier alpha value is -0.620. The van der Waals surface area contributed by atoms with Crippen molar-refractivity contribution in [1.82, 2.24) is 0 Å². The molecule has 0 amide bonds. The van der Waals surface area contributed by atoms with E-state index in [4.69, 9.17) is 5.41 Å². The van der Waals surface area contributed by atoms with Crippen LogP contribution in [-0.2, 0) is 0 Å². The van der Waals surface area contributed by atoms with Crippen LogP contribution in [0.2, 0.25) is 0 Å². The lowest BCUT2D eigenvalue weighted by Crippen LogP contribution is -2.39. The number of aliphatic imine (C=N–C) groups is 1. The van der Waals surface area contributed by atoms with E-state index in [2.05, 4.69) is 11.0 Å². The minimum absolute atomic E-state index is 0.125. The van der Waals surface area contributed by atoms with E-state index >= 15 is 0 Å². The molecule has 0 spiro atoms. The van der Waals surface area contributed by atoms with Crippen LogP contribution in [0, 0.1) is 11.3 Å². The van der Waals surface area contributed by atoms with Gasteiger partial charge in [0, 0.05) is 0 Å². The summed E-state index contributed by atoms with van der Waals surface area (Å²) in [6, 6.07) is 2.35. The zero-order valence-corrected chi connectivity index (χ0v) is 9.60. The van der Waals surface area contributed by atoms with E-state index < -0.39 is 0 Å². The first kappa shape index (κ1) is 10.9. The average Bonchev–Trinajstić information content (AvgIpc) is 2.32. The molecule has 0 aromatic rings. The average molecular weight is 206 g/mol. The summed E-state index contributed by atoms with van der Waals surface area (Å²) < 4.78 is 0. The van der Waals surface area contributed by atoms with Gasteiger partial charge in [0.05, 0.1) is 11.5 Å². The van der Waals surface area contributed by atoms with Crippen LogP contribution in [0.15, 0.2) is 4.99 Å². The Bertz CT molecular complexity index is 241. The van der Waals surface area contributed by atoms with E-state index in [1.165, 1.54) is 64.2 Å². The molecule has 0 aromatic heterocycles. The molecule has 0 atom stereocenters. The third-order valence-electron chi connectivity index (χ3n) is 4.36. The molecule has 0 heterocycles. The highest BCUT2D eigenvalue weighted by molar-refractivity contribution is 5.38. The van der Waals surface area contributed by atoms with Crippen molar-refractivity contribution in [3.8, 4) is 0 Å². The molecule has 2 nitrogen and oxygen atoms in total. The third kappa shape index (κ3) is 2.31. The predicted octanol–water partition coefficient (Wildman–Crippen LogP) is 4.02. The van der Waals surface area contributed by atoms with E-state index in [1.807, 2.05) is 0 Å². The normalized spacial score (nSPS) is 26.9. The number of rotatable bonds is 2. The van der Waals surface area contributed by atoms with Crippen LogP contribution in [0.25, 0.3) is 0 Å². The summed E-state index contributed by atoms with van der Waals surface area (Å²) in [4.78, 5) is 4.46. The van der Waals surface area contributed by atoms with Crippen LogP contribution in [0.3, 0.4) is 0 Å². The zero-order chi connectivity index (χ0) is 10.6. The topological polar surface area (TPSA) is 36.2 Å². The Labute approximate surface area is 92.7 Å². The Morgan fingerprint density at radius 3 is 2.13 bits per heavy atom. The van der Waals surface area contributed by atoms with Gasteiger partial charge in [-0.1, -0.05) is 38.5 Å². The van der Waals surface area contributed by atoms with Crippen molar-refractivity contribution in [3.63, 3.8) is 0 Å². The van der Waals surface area contributed by atoms with Crippen molar-refractivity contribution in [3.05, 3.63) is 0 Å². The molecule has 2 saturated carbocycles. The second kappa shape index (κ2) is 4.94. The van der Waals surface area contributed by atoms with Gasteiger partial charge in [-0.3, -0.25) is 0 Å². The molecule has 0 bridgehead atoms. The Balaban J connectivity index is 2.12. The largest absolute Gasteiger partial charge is 0.242 e. The molecule has 2 rings (SSSR count). The van der Waals surface area contributed by atoms with Gasteiger partial charge in [-0.25, -0.2) is 10.4 Å². The predicted molar refractivity (Wildman–Crippen MR) is 62.5 cm³/mol. The van der Waals surface area contributed by atoms with Crippen LogP contribution in [-0.4, -0.2) is 11.5 Å². The van der Waals surface area contributed by atoms with Crippen molar-refractivity contribution in [1.29, 1.82) is 5.41 Å². The van der Waals surface area contributed by atoms with E-state index in [-0.39, 0.29) is 5.54 Å². The summed E-state index contributed by atoms with van der Waals surface area (Å²) in [6.07, 6.45) is 13.2. The fourth-order valence-corrected chi connectivity index (χ4v) is 3.53. The molecule has 0 aromatic carbocycles. The first-order chi connectivity index (χ1) is 7.37. The molecule has 0 radical (unpaired) electrons. The van der Waals surface area contributed by atoms with Gasteiger partial charge >= 0.3 is 0 Å². The van der Waals surface area contributed by atoms with E-state index in [0.29, 0.717) is 0 Å². The minimum Gasteiger partial charge on any atom is -0.242 e. The molecular weight excluding hydrogens is 184 g/mol. The highest BCUT2D eigenvalue weighted by Gasteiger charge is 2.39. The summed E-state index contributed by atoms with van der Waals surface area (Å²) in [7, 11) is 0. The lowest BCUT2D eigenvalue weighted by molar-refractivity contribution is 0.157. The monoisotopic (exact) mass is 206 g/mol. The van der Waals surface area contributed by atoms with E-state index in [1.54, 1.807) is 0 Å². The molecule has 2 aliphatic rings.